The molecule has 2 fully saturated rings. The van der Waals surface area contributed by atoms with Gasteiger partial charge >= 0.3 is 0 Å². The van der Waals surface area contributed by atoms with Gasteiger partial charge in [0.15, 0.2) is 5.16 Å². The minimum Gasteiger partial charge on any atom is -0.441 e. The lowest BCUT2D eigenvalue weighted by atomic mass is 10.2. The van der Waals surface area contributed by atoms with Crippen LogP contribution in [0.5, 0.6) is 0 Å². The zero-order valence-corrected chi connectivity index (χ0v) is 18.5. The van der Waals surface area contributed by atoms with E-state index in [9.17, 15) is 0 Å². The highest BCUT2D eigenvalue weighted by molar-refractivity contribution is 7.98. The predicted molar refractivity (Wildman–Crippen MR) is 118 cm³/mol. The van der Waals surface area contributed by atoms with Crippen LogP contribution in [0.4, 0.5) is 5.95 Å². The van der Waals surface area contributed by atoms with Gasteiger partial charge in [0, 0.05) is 31.0 Å². The highest BCUT2D eigenvalue weighted by Crippen LogP contribution is 2.30. The summed E-state index contributed by atoms with van der Waals surface area (Å²) in [7, 11) is 0. The van der Waals surface area contributed by atoms with Gasteiger partial charge in [0.2, 0.25) is 11.8 Å². The zero-order valence-electron chi connectivity index (χ0n) is 17.7. The van der Waals surface area contributed by atoms with Crippen LogP contribution in [-0.2, 0) is 21.8 Å². The first-order valence-electron chi connectivity index (χ1n) is 10.8. The van der Waals surface area contributed by atoms with Crippen molar-refractivity contribution in [1.29, 1.82) is 0 Å². The molecule has 3 aromatic rings. The van der Waals surface area contributed by atoms with Gasteiger partial charge in [0.05, 0.1) is 31.6 Å². The standard InChI is InChI=1S/C22H27N5O3S/c1-16-19(23-20(30-16)17-6-3-2-4-7-17)15-31-22-25-24-21(26-9-12-28-13-10-26)27(22)14-18-8-5-11-29-18/h2-4,6-7,18H,5,8-15H2,1H3. The number of benzene rings is 1. The summed E-state index contributed by atoms with van der Waals surface area (Å²) in [5.74, 6) is 3.08. The molecule has 5 rings (SSSR count). The van der Waals surface area contributed by atoms with E-state index in [4.69, 9.17) is 18.9 Å². The molecule has 2 aliphatic rings. The summed E-state index contributed by atoms with van der Waals surface area (Å²) in [6.45, 7) is 6.67. The summed E-state index contributed by atoms with van der Waals surface area (Å²) in [4.78, 5) is 6.98. The molecule has 0 saturated carbocycles. The first kappa shape index (κ1) is 20.5. The first-order chi connectivity index (χ1) is 15.3. The molecule has 2 aromatic heterocycles. The molecular formula is C22H27N5O3S. The molecule has 0 bridgehead atoms. The molecule has 0 N–H and O–H groups in total. The van der Waals surface area contributed by atoms with Crippen molar-refractivity contribution < 1.29 is 13.9 Å². The number of aromatic nitrogens is 4. The maximum atomic E-state index is 5.92. The van der Waals surface area contributed by atoms with Gasteiger partial charge in [-0.2, -0.15) is 0 Å². The summed E-state index contributed by atoms with van der Waals surface area (Å²) in [5, 5.41) is 9.94. The van der Waals surface area contributed by atoms with Crippen LogP contribution in [0.2, 0.25) is 0 Å². The monoisotopic (exact) mass is 441 g/mol. The van der Waals surface area contributed by atoms with E-state index in [1.165, 1.54) is 0 Å². The Morgan fingerprint density at radius 2 is 1.94 bits per heavy atom. The Morgan fingerprint density at radius 3 is 2.71 bits per heavy atom. The molecule has 0 aliphatic carbocycles. The molecule has 31 heavy (non-hydrogen) atoms. The summed E-state index contributed by atoms with van der Waals surface area (Å²) in [6, 6.07) is 9.99. The van der Waals surface area contributed by atoms with E-state index >= 15 is 0 Å². The number of aryl methyl sites for hydroxylation is 1. The third-order valence-corrected chi connectivity index (χ3v) is 6.63. The highest BCUT2D eigenvalue weighted by Gasteiger charge is 2.25. The number of thioether (sulfide) groups is 1. The van der Waals surface area contributed by atoms with E-state index in [2.05, 4.69) is 19.7 Å². The Kier molecular flexibility index (Phi) is 6.24. The van der Waals surface area contributed by atoms with E-state index in [0.29, 0.717) is 11.6 Å². The van der Waals surface area contributed by atoms with Crippen molar-refractivity contribution in [2.24, 2.45) is 0 Å². The van der Waals surface area contributed by atoms with Crippen LogP contribution in [0.25, 0.3) is 11.5 Å². The van der Waals surface area contributed by atoms with Crippen LogP contribution in [0, 0.1) is 6.92 Å². The molecule has 0 spiro atoms. The van der Waals surface area contributed by atoms with Crippen LogP contribution in [0.3, 0.4) is 0 Å². The number of oxazole rings is 1. The number of rotatable bonds is 7. The van der Waals surface area contributed by atoms with Crippen LogP contribution in [0.1, 0.15) is 24.3 Å². The quantitative estimate of drug-likeness (QED) is 0.515. The minimum absolute atomic E-state index is 0.216. The van der Waals surface area contributed by atoms with Gasteiger partial charge in [-0.3, -0.25) is 4.57 Å². The number of ether oxygens (including phenoxy) is 2. The number of morpholine rings is 1. The van der Waals surface area contributed by atoms with Gasteiger partial charge in [0.25, 0.3) is 0 Å². The topological polar surface area (TPSA) is 78.4 Å². The van der Waals surface area contributed by atoms with Crippen molar-refractivity contribution in [3.63, 3.8) is 0 Å². The Hall–Kier alpha value is -2.36. The van der Waals surface area contributed by atoms with Gasteiger partial charge in [-0.15, -0.1) is 10.2 Å². The van der Waals surface area contributed by atoms with E-state index in [-0.39, 0.29) is 6.10 Å². The summed E-state index contributed by atoms with van der Waals surface area (Å²) in [5.41, 5.74) is 1.92. The molecular weight excluding hydrogens is 414 g/mol. The molecule has 2 saturated heterocycles. The zero-order chi connectivity index (χ0) is 21.0. The Bertz CT molecular complexity index is 994. The minimum atomic E-state index is 0.216. The fraction of sp³-hybridized carbons (Fsp3) is 0.500. The van der Waals surface area contributed by atoms with Gasteiger partial charge in [0.1, 0.15) is 5.76 Å². The largest absolute Gasteiger partial charge is 0.441 e. The Morgan fingerprint density at radius 1 is 1.10 bits per heavy atom. The van der Waals surface area contributed by atoms with Crippen LogP contribution < -0.4 is 4.90 Å². The third kappa shape index (κ3) is 4.63. The van der Waals surface area contributed by atoms with Crippen molar-refractivity contribution in [1.82, 2.24) is 19.7 Å². The molecule has 9 heteroatoms. The predicted octanol–water partition coefficient (Wildman–Crippen LogP) is 3.55. The Balaban J connectivity index is 1.35. The van der Waals surface area contributed by atoms with Gasteiger partial charge in [-0.25, -0.2) is 4.98 Å². The SMILES string of the molecule is Cc1oc(-c2ccccc2)nc1CSc1nnc(N2CCOCC2)n1CC1CCCO1. The van der Waals surface area contributed by atoms with Crippen LogP contribution >= 0.6 is 11.8 Å². The van der Waals surface area contributed by atoms with Gasteiger partial charge in [-0.05, 0) is 31.9 Å². The second kappa shape index (κ2) is 9.42. The molecule has 2 aliphatic heterocycles. The highest BCUT2D eigenvalue weighted by atomic mass is 32.2. The average molecular weight is 442 g/mol. The number of hydrogen-bond acceptors (Lipinski definition) is 8. The smallest absolute Gasteiger partial charge is 0.228 e. The molecule has 1 unspecified atom stereocenters. The van der Waals surface area contributed by atoms with Crippen molar-refractivity contribution >= 4 is 17.7 Å². The van der Waals surface area contributed by atoms with E-state index in [1.807, 2.05) is 37.3 Å². The molecule has 8 nitrogen and oxygen atoms in total. The number of anilines is 1. The maximum absolute atomic E-state index is 5.92. The fourth-order valence-electron chi connectivity index (χ4n) is 3.94. The molecule has 0 radical (unpaired) electrons. The van der Waals surface area contributed by atoms with Crippen LogP contribution in [-0.4, -0.2) is 58.8 Å². The molecule has 4 heterocycles. The van der Waals surface area contributed by atoms with Gasteiger partial charge in [-0.1, -0.05) is 30.0 Å². The summed E-state index contributed by atoms with van der Waals surface area (Å²) < 4.78 is 19.5. The van der Waals surface area contributed by atoms with Gasteiger partial charge < -0.3 is 18.8 Å². The van der Waals surface area contributed by atoms with E-state index < -0.39 is 0 Å². The normalized spacial score (nSPS) is 19.3. The lowest BCUT2D eigenvalue weighted by Gasteiger charge is -2.28. The first-order valence-corrected chi connectivity index (χ1v) is 11.8. The number of nitrogens with zero attached hydrogens (tertiary/aromatic N) is 5. The molecule has 164 valence electrons. The molecule has 1 atom stereocenters. The third-order valence-electron chi connectivity index (χ3n) is 5.65. The van der Waals surface area contributed by atoms with Crippen molar-refractivity contribution in [3.05, 3.63) is 41.8 Å². The molecule has 1 aromatic carbocycles. The number of hydrogen-bond donors (Lipinski definition) is 0. The lowest BCUT2D eigenvalue weighted by molar-refractivity contribution is 0.0942. The van der Waals surface area contributed by atoms with Crippen molar-refractivity contribution in [2.75, 3.05) is 37.8 Å². The fourth-order valence-corrected chi connectivity index (χ4v) is 4.88. The van der Waals surface area contributed by atoms with Crippen molar-refractivity contribution in [2.45, 2.75) is 43.3 Å². The van der Waals surface area contributed by atoms with E-state index in [0.717, 1.165) is 80.4 Å². The summed E-state index contributed by atoms with van der Waals surface area (Å²) >= 11 is 1.64. The van der Waals surface area contributed by atoms with E-state index in [1.54, 1.807) is 11.8 Å². The maximum Gasteiger partial charge on any atom is 0.228 e. The second-order valence-electron chi connectivity index (χ2n) is 7.80. The van der Waals surface area contributed by atoms with Crippen molar-refractivity contribution in [3.8, 4) is 11.5 Å². The average Bonchev–Trinajstić information content (AvgIpc) is 3.55. The summed E-state index contributed by atoms with van der Waals surface area (Å²) in [6.07, 6.45) is 2.41. The lowest BCUT2D eigenvalue weighted by Crippen LogP contribution is -2.38. The second-order valence-corrected chi connectivity index (χ2v) is 8.75. The van der Waals surface area contributed by atoms with Crippen LogP contribution in [0.15, 0.2) is 39.9 Å². The Labute approximate surface area is 185 Å². The molecule has 0 amide bonds.